The highest BCUT2D eigenvalue weighted by atomic mass is 15.0. The van der Waals surface area contributed by atoms with Crippen LogP contribution in [0, 0.1) is 0 Å². The van der Waals surface area contributed by atoms with Crippen LogP contribution in [0.3, 0.4) is 0 Å². The average Bonchev–Trinajstić information content (AvgIpc) is 2.63. The summed E-state index contributed by atoms with van der Waals surface area (Å²) in [6.07, 6.45) is 6.26. The van der Waals surface area contributed by atoms with Crippen LogP contribution in [0.2, 0.25) is 0 Å². The SMILES string of the molecule is CCCNCCCNCc1cn(C)cn1. The second-order valence-corrected chi connectivity index (χ2v) is 3.81. The first-order valence-electron chi connectivity index (χ1n) is 5.71. The number of aromatic nitrogens is 2. The van der Waals surface area contributed by atoms with Crippen molar-refractivity contribution in [2.75, 3.05) is 19.6 Å². The van der Waals surface area contributed by atoms with E-state index >= 15 is 0 Å². The molecule has 0 aliphatic heterocycles. The summed E-state index contributed by atoms with van der Waals surface area (Å²) in [5.41, 5.74) is 1.11. The van der Waals surface area contributed by atoms with Gasteiger partial charge in [-0.15, -0.1) is 0 Å². The second-order valence-electron chi connectivity index (χ2n) is 3.81. The molecule has 1 aromatic heterocycles. The summed E-state index contributed by atoms with van der Waals surface area (Å²) >= 11 is 0. The molecule has 0 aliphatic rings. The van der Waals surface area contributed by atoms with Gasteiger partial charge in [0.1, 0.15) is 0 Å². The maximum Gasteiger partial charge on any atom is 0.0947 e. The minimum atomic E-state index is 0.870. The molecule has 86 valence electrons. The Balaban J connectivity index is 1.93. The fraction of sp³-hybridized carbons (Fsp3) is 0.727. The van der Waals surface area contributed by atoms with Crippen molar-refractivity contribution in [2.24, 2.45) is 7.05 Å². The Morgan fingerprint density at radius 2 is 2.07 bits per heavy atom. The van der Waals surface area contributed by atoms with E-state index in [2.05, 4.69) is 22.5 Å². The minimum Gasteiger partial charge on any atom is -0.340 e. The van der Waals surface area contributed by atoms with E-state index in [1.807, 2.05) is 24.1 Å². The van der Waals surface area contributed by atoms with Crippen LogP contribution < -0.4 is 10.6 Å². The third kappa shape index (κ3) is 5.54. The molecule has 0 spiro atoms. The van der Waals surface area contributed by atoms with Gasteiger partial charge in [0.05, 0.1) is 12.0 Å². The molecule has 0 radical (unpaired) electrons. The van der Waals surface area contributed by atoms with Crippen LogP contribution in [-0.2, 0) is 13.6 Å². The summed E-state index contributed by atoms with van der Waals surface area (Å²) in [4.78, 5) is 4.25. The Bertz CT molecular complexity index is 257. The molecule has 1 heterocycles. The standard InChI is InChI=1S/C11H22N4/c1-3-5-12-6-4-7-13-8-11-9-15(2)10-14-11/h9-10,12-13H,3-8H2,1-2H3. The van der Waals surface area contributed by atoms with E-state index in [0.717, 1.165) is 31.9 Å². The number of hydrogen-bond donors (Lipinski definition) is 2. The molecule has 0 amide bonds. The highest BCUT2D eigenvalue weighted by Crippen LogP contribution is 1.92. The summed E-state index contributed by atoms with van der Waals surface area (Å²) in [7, 11) is 1.99. The third-order valence-electron chi connectivity index (χ3n) is 2.20. The van der Waals surface area contributed by atoms with Crippen LogP contribution in [-0.4, -0.2) is 29.2 Å². The first-order valence-corrected chi connectivity index (χ1v) is 5.71. The van der Waals surface area contributed by atoms with Gasteiger partial charge in [-0.25, -0.2) is 4.98 Å². The number of aryl methyl sites for hydroxylation is 1. The molecule has 0 aliphatic carbocycles. The maximum atomic E-state index is 4.25. The molecule has 0 aromatic carbocycles. The predicted molar refractivity (Wildman–Crippen MR) is 62.7 cm³/mol. The molecule has 0 bridgehead atoms. The van der Waals surface area contributed by atoms with Crippen molar-refractivity contribution in [1.29, 1.82) is 0 Å². The molecule has 4 nitrogen and oxygen atoms in total. The molecule has 0 atom stereocenters. The first kappa shape index (κ1) is 12.2. The van der Waals surface area contributed by atoms with Crippen molar-refractivity contribution >= 4 is 0 Å². The highest BCUT2D eigenvalue weighted by Gasteiger charge is 1.94. The van der Waals surface area contributed by atoms with E-state index in [4.69, 9.17) is 0 Å². The van der Waals surface area contributed by atoms with E-state index in [1.54, 1.807) is 0 Å². The van der Waals surface area contributed by atoms with E-state index in [-0.39, 0.29) is 0 Å². The monoisotopic (exact) mass is 210 g/mol. The van der Waals surface area contributed by atoms with Crippen LogP contribution in [0.5, 0.6) is 0 Å². The molecule has 1 rings (SSSR count). The number of nitrogens with zero attached hydrogens (tertiary/aromatic N) is 2. The first-order chi connectivity index (χ1) is 7.33. The van der Waals surface area contributed by atoms with Crippen LogP contribution in [0.25, 0.3) is 0 Å². The Morgan fingerprint density at radius 3 is 2.73 bits per heavy atom. The number of hydrogen-bond acceptors (Lipinski definition) is 3. The average molecular weight is 210 g/mol. The normalized spacial score (nSPS) is 10.8. The topological polar surface area (TPSA) is 41.9 Å². The summed E-state index contributed by atoms with van der Waals surface area (Å²) in [5.74, 6) is 0. The molecule has 1 aromatic rings. The summed E-state index contributed by atoms with van der Waals surface area (Å²) in [5, 5.41) is 6.75. The van der Waals surface area contributed by atoms with Gasteiger partial charge in [0, 0.05) is 19.8 Å². The van der Waals surface area contributed by atoms with Crippen molar-refractivity contribution in [2.45, 2.75) is 26.3 Å². The lowest BCUT2D eigenvalue weighted by atomic mass is 10.4. The van der Waals surface area contributed by atoms with E-state index < -0.39 is 0 Å². The lowest BCUT2D eigenvalue weighted by Crippen LogP contribution is -2.22. The molecule has 15 heavy (non-hydrogen) atoms. The zero-order valence-corrected chi connectivity index (χ0v) is 9.79. The van der Waals surface area contributed by atoms with Gasteiger partial charge < -0.3 is 15.2 Å². The fourth-order valence-corrected chi connectivity index (χ4v) is 1.41. The van der Waals surface area contributed by atoms with Gasteiger partial charge in [0.2, 0.25) is 0 Å². The molecule has 0 unspecified atom stereocenters. The van der Waals surface area contributed by atoms with Crippen molar-refractivity contribution in [3.8, 4) is 0 Å². The van der Waals surface area contributed by atoms with Crippen molar-refractivity contribution in [3.05, 3.63) is 18.2 Å². The number of nitrogens with one attached hydrogen (secondary N) is 2. The largest absolute Gasteiger partial charge is 0.340 e. The van der Waals surface area contributed by atoms with Gasteiger partial charge in [-0.3, -0.25) is 0 Å². The van der Waals surface area contributed by atoms with E-state index in [9.17, 15) is 0 Å². The van der Waals surface area contributed by atoms with Crippen LogP contribution in [0.1, 0.15) is 25.5 Å². The summed E-state index contributed by atoms with van der Waals surface area (Å²) in [6.45, 7) is 6.33. The maximum absolute atomic E-state index is 4.25. The molecule has 0 fully saturated rings. The van der Waals surface area contributed by atoms with Crippen molar-refractivity contribution in [1.82, 2.24) is 20.2 Å². The third-order valence-corrected chi connectivity index (χ3v) is 2.20. The van der Waals surface area contributed by atoms with E-state index in [0.29, 0.717) is 0 Å². The molecule has 4 heteroatoms. The summed E-state index contributed by atoms with van der Waals surface area (Å²) in [6, 6.07) is 0. The summed E-state index contributed by atoms with van der Waals surface area (Å²) < 4.78 is 1.97. The number of rotatable bonds is 8. The molecule has 2 N–H and O–H groups in total. The van der Waals surface area contributed by atoms with Crippen molar-refractivity contribution < 1.29 is 0 Å². The van der Waals surface area contributed by atoms with Gasteiger partial charge in [0.15, 0.2) is 0 Å². The van der Waals surface area contributed by atoms with E-state index in [1.165, 1.54) is 12.8 Å². The number of imidazole rings is 1. The van der Waals surface area contributed by atoms with Crippen LogP contribution >= 0.6 is 0 Å². The van der Waals surface area contributed by atoms with Crippen LogP contribution in [0.15, 0.2) is 12.5 Å². The fourth-order valence-electron chi connectivity index (χ4n) is 1.41. The Labute approximate surface area is 92.1 Å². The molecule has 0 saturated heterocycles. The van der Waals surface area contributed by atoms with Gasteiger partial charge >= 0.3 is 0 Å². The Morgan fingerprint density at radius 1 is 1.27 bits per heavy atom. The molecular formula is C11H22N4. The Hall–Kier alpha value is -0.870. The van der Waals surface area contributed by atoms with Crippen molar-refractivity contribution in [3.63, 3.8) is 0 Å². The smallest absolute Gasteiger partial charge is 0.0947 e. The lowest BCUT2D eigenvalue weighted by molar-refractivity contribution is 0.589. The Kier molecular flexibility index (Phi) is 6.04. The highest BCUT2D eigenvalue weighted by molar-refractivity contribution is 4.95. The molecular weight excluding hydrogens is 188 g/mol. The van der Waals surface area contributed by atoms with Gasteiger partial charge in [0.25, 0.3) is 0 Å². The van der Waals surface area contributed by atoms with Crippen LogP contribution in [0.4, 0.5) is 0 Å². The zero-order valence-electron chi connectivity index (χ0n) is 9.79. The quantitative estimate of drug-likeness (QED) is 0.626. The minimum absolute atomic E-state index is 0.870. The molecule has 0 saturated carbocycles. The zero-order chi connectivity index (χ0) is 10.9. The second kappa shape index (κ2) is 7.43. The van der Waals surface area contributed by atoms with Gasteiger partial charge in [-0.05, 0) is 32.5 Å². The lowest BCUT2D eigenvalue weighted by Gasteiger charge is -2.03. The van der Waals surface area contributed by atoms with Gasteiger partial charge in [-0.1, -0.05) is 6.92 Å². The predicted octanol–water partition coefficient (Wildman–Crippen LogP) is 0.899. The van der Waals surface area contributed by atoms with Gasteiger partial charge in [-0.2, -0.15) is 0 Å².